The number of carbonyl (C=O) groups is 1. The highest BCUT2D eigenvalue weighted by atomic mass is 35.5. The van der Waals surface area contributed by atoms with E-state index in [-0.39, 0.29) is 5.91 Å². The molecule has 0 saturated carbocycles. The van der Waals surface area contributed by atoms with Crippen molar-refractivity contribution in [3.05, 3.63) is 46.2 Å². The van der Waals surface area contributed by atoms with Gasteiger partial charge in [0.1, 0.15) is 0 Å². The zero-order chi connectivity index (χ0) is 15.0. The third kappa shape index (κ3) is 2.44. The Hall–Kier alpha value is -1.81. The fraction of sp³-hybridized carbons (Fsp3) is 0.375. The van der Waals surface area contributed by atoms with Crippen LogP contribution in [0, 0.1) is 0 Å². The third-order valence-electron chi connectivity index (χ3n) is 3.87. The highest BCUT2D eigenvalue weighted by Gasteiger charge is 2.26. The van der Waals surface area contributed by atoms with Crippen molar-refractivity contribution in [1.82, 2.24) is 14.7 Å². The summed E-state index contributed by atoms with van der Waals surface area (Å²) in [7, 11) is 3.51. The molecule has 5 heteroatoms. The average molecular weight is 304 g/mol. The number of carbonyl (C=O) groups excluding carboxylic acids is 1. The van der Waals surface area contributed by atoms with Crippen molar-refractivity contribution in [2.45, 2.75) is 25.7 Å². The number of fused-ring (bicyclic) bond motifs is 1. The number of benzene rings is 1. The maximum absolute atomic E-state index is 12.4. The molecule has 0 atom stereocenters. The van der Waals surface area contributed by atoms with Crippen molar-refractivity contribution < 1.29 is 4.79 Å². The number of aromatic nitrogens is 2. The maximum atomic E-state index is 12.4. The van der Waals surface area contributed by atoms with E-state index < -0.39 is 0 Å². The fourth-order valence-corrected chi connectivity index (χ4v) is 3.02. The molecule has 0 N–H and O–H groups in total. The van der Waals surface area contributed by atoms with Crippen LogP contribution in [-0.4, -0.2) is 34.7 Å². The van der Waals surface area contributed by atoms with E-state index >= 15 is 0 Å². The first-order chi connectivity index (χ1) is 10.1. The normalized spacial score (nSPS) is 13.9. The van der Waals surface area contributed by atoms with E-state index in [0.717, 1.165) is 42.6 Å². The lowest BCUT2D eigenvalue weighted by atomic mass is 9.95. The predicted octanol–water partition coefficient (Wildman–Crippen LogP) is 3.11. The molecule has 1 amide bonds. The van der Waals surface area contributed by atoms with Crippen molar-refractivity contribution in [2.75, 3.05) is 14.1 Å². The summed E-state index contributed by atoms with van der Waals surface area (Å²) in [6, 6.07) is 7.62. The molecule has 1 aromatic heterocycles. The molecule has 3 rings (SSSR count). The van der Waals surface area contributed by atoms with E-state index in [1.807, 2.05) is 28.9 Å². The number of nitrogens with zero attached hydrogens (tertiary/aromatic N) is 3. The van der Waals surface area contributed by atoms with Crippen molar-refractivity contribution in [1.29, 1.82) is 0 Å². The van der Waals surface area contributed by atoms with Gasteiger partial charge >= 0.3 is 0 Å². The SMILES string of the molecule is CN(C)C(=O)c1nn(-c2ccccc2Cl)c2c1CCCC2. The van der Waals surface area contributed by atoms with Gasteiger partial charge in [-0.05, 0) is 37.8 Å². The van der Waals surface area contributed by atoms with Crippen LogP contribution in [-0.2, 0) is 12.8 Å². The van der Waals surface area contributed by atoms with Gasteiger partial charge in [0.25, 0.3) is 5.91 Å². The number of hydrogen-bond donors (Lipinski definition) is 0. The molecule has 0 saturated heterocycles. The van der Waals surface area contributed by atoms with E-state index in [2.05, 4.69) is 5.10 Å². The number of amides is 1. The lowest BCUT2D eigenvalue weighted by molar-refractivity contribution is 0.0820. The largest absolute Gasteiger partial charge is 0.343 e. The molecule has 1 aliphatic rings. The minimum Gasteiger partial charge on any atom is -0.343 e. The second kappa shape index (κ2) is 5.53. The van der Waals surface area contributed by atoms with Crippen LogP contribution in [0.2, 0.25) is 5.02 Å². The molecule has 0 bridgehead atoms. The zero-order valence-electron chi connectivity index (χ0n) is 12.3. The van der Waals surface area contributed by atoms with Crippen LogP contribution in [0.5, 0.6) is 0 Å². The first kappa shape index (κ1) is 14.1. The Balaban J connectivity index is 2.18. The molecule has 0 spiro atoms. The number of para-hydroxylation sites is 1. The van der Waals surface area contributed by atoms with Gasteiger partial charge < -0.3 is 4.90 Å². The molecule has 1 aliphatic carbocycles. The average Bonchev–Trinajstić information content (AvgIpc) is 2.86. The van der Waals surface area contributed by atoms with Gasteiger partial charge in [-0.25, -0.2) is 4.68 Å². The van der Waals surface area contributed by atoms with E-state index in [1.165, 1.54) is 0 Å². The van der Waals surface area contributed by atoms with Crippen LogP contribution in [0.15, 0.2) is 24.3 Å². The number of halogens is 1. The summed E-state index contributed by atoms with van der Waals surface area (Å²) in [6.07, 6.45) is 4.08. The van der Waals surface area contributed by atoms with E-state index in [9.17, 15) is 4.79 Å². The molecule has 1 aromatic carbocycles. The lowest BCUT2D eigenvalue weighted by Gasteiger charge is -2.15. The monoisotopic (exact) mass is 303 g/mol. The van der Waals surface area contributed by atoms with E-state index in [4.69, 9.17) is 11.6 Å². The molecule has 0 radical (unpaired) electrons. The summed E-state index contributed by atoms with van der Waals surface area (Å²) >= 11 is 6.30. The van der Waals surface area contributed by atoms with Crippen molar-refractivity contribution in [3.8, 4) is 5.69 Å². The number of hydrogen-bond acceptors (Lipinski definition) is 2. The smallest absolute Gasteiger partial charge is 0.274 e. The Morgan fingerprint density at radius 1 is 1.24 bits per heavy atom. The minimum absolute atomic E-state index is 0.0426. The van der Waals surface area contributed by atoms with Crippen LogP contribution < -0.4 is 0 Å². The summed E-state index contributed by atoms with van der Waals surface area (Å²) in [5, 5.41) is 5.24. The summed E-state index contributed by atoms with van der Waals surface area (Å²) < 4.78 is 1.85. The van der Waals surface area contributed by atoms with Crippen LogP contribution in [0.3, 0.4) is 0 Å². The van der Waals surface area contributed by atoms with Crippen LogP contribution in [0.25, 0.3) is 5.69 Å². The Morgan fingerprint density at radius 2 is 1.95 bits per heavy atom. The van der Waals surface area contributed by atoms with Crippen molar-refractivity contribution in [3.63, 3.8) is 0 Å². The van der Waals surface area contributed by atoms with Gasteiger partial charge in [0.2, 0.25) is 0 Å². The van der Waals surface area contributed by atoms with Crippen LogP contribution in [0.4, 0.5) is 0 Å². The summed E-state index contributed by atoms with van der Waals surface area (Å²) in [4.78, 5) is 13.9. The second-order valence-corrected chi connectivity index (χ2v) is 5.95. The van der Waals surface area contributed by atoms with Gasteiger partial charge in [0.15, 0.2) is 5.69 Å². The maximum Gasteiger partial charge on any atom is 0.274 e. The van der Waals surface area contributed by atoms with Gasteiger partial charge in [-0.15, -0.1) is 0 Å². The Bertz CT molecular complexity index is 691. The van der Waals surface area contributed by atoms with Gasteiger partial charge in [-0.3, -0.25) is 4.79 Å². The predicted molar refractivity (Wildman–Crippen MR) is 83.2 cm³/mol. The first-order valence-corrected chi connectivity index (χ1v) is 7.54. The van der Waals surface area contributed by atoms with Gasteiger partial charge in [0, 0.05) is 25.4 Å². The van der Waals surface area contributed by atoms with E-state index in [0.29, 0.717) is 10.7 Å². The molecule has 2 aromatic rings. The third-order valence-corrected chi connectivity index (χ3v) is 4.19. The van der Waals surface area contributed by atoms with Crippen molar-refractivity contribution in [2.24, 2.45) is 0 Å². The quantitative estimate of drug-likeness (QED) is 0.855. The molecule has 0 aliphatic heterocycles. The molecule has 21 heavy (non-hydrogen) atoms. The standard InChI is InChI=1S/C16H18ClN3O/c1-19(2)16(21)15-11-7-3-5-9-13(11)20(18-15)14-10-6-4-8-12(14)17/h4,6,8,10H,3,5,7,9H2,1-2H3. The second-order valence-electron chi connectivity index (χ2n) is 5.54. The number of rotatable bonds is 2. The molecule has 1 heterocycles. The molecule has 4 nitrogen and oxygen atoms in total. The molecular weight excluding hydrogens is 286 g/mol. The molecular formula is C16H18ClN3O. The van der Waals surface area contributed by atoms with Gasteiger partial charge in [-0.1, -0.05) is 23.7 Å². The highest BCUT2D eigenvalue weighted by molar-refractivity contribution is 6.32. The van der Waals surface area contributed by atoms with E-state index in [1.54, 1.807) is 19.0 Å². The van der Waals surface area contributed by atoms with Crippen LogP contribution >= 0.6 is 11.6 Å². The highest BCUT2D eigenvalue weighted by Crippen LogP contribution is 2.29. The van der Waals surface area contributed by atoms with Gasteiger partial charge in [0.05, 0.1) is 10.7 Å². The Kier molecular flexibility index (Phi) is 3.72. The van der Waals surface area contributed by atoms with Crippen molar-refractivity contribution >= 4 is 17.5 Å². The lowest BCUT2D eigenvalue weighted by Crippen LogP contribution is -2.23. The fourth-order valence-electron chi connectivity index (χ4n) is 2.81. The molecule has 0 fully saturated rings. The first-order valence-electron chi connectivity index (χ1n) is 7.17. The summed E-state index contributed by atoms with van der Waals surface area (Å²) in [6.45, 7) is 0. The van der Waals surface area contributed by atoms with Gasteiger partial charge in [-0.2, -0.15) is 5.10 Å². The molecule has 0 unspecified atom stereocenters. The zero-order valence-corrected chi connectivity index (χ0v) is 13.0. The Morgan fingerprint density at radius 3 is 2.67 bits per heavy atom. The Labute approximate surface area is 129 Å². The summed E-state index contributed by atoms with van der Waals surface area (Å²) in [5.41, 5.74) is 3.61. The summed E-state index contributed by atoms with van der Waals surface area (Å²) in [5.74, 6) is -0.0426. The van der Waals surface area contributed by atoms with Crippen LogP contribution in [0.1, 0.15) is 34.6 Å². The molecule has 110 valence electrons. The minimum atomic E-state index is -0.0426. The topological polar surface area (TPSA) is 38.1 Å².